The van der Waals surface area contributed by atoms with Gasteiger partial charge in [0.15, 0.2) is 0 Å². The first kappa shape index (κ1) is 12.9. The number of hydrogen-bond acceptors (Lipinski definition) is 3. The van der Waals surface area contributed by atoms with Crippen LogP contribution in [0.4, 0.5) is 0 Å². The summed E-state index contributed by atoms with van der Waals surface area (Å²) in [5.41, 5.74) is 4.32. The van der Waals surface area contributed by atoms with Crippen molar-refractivity contribution in [2.24, 2.45) is 11.8 Å². The summed E-state index contributed by atoms with van der Waals surface area (Å²) in [5.74, 6) is 6.61. The molecule has 0 saturated heterocycles. The fourth-order valence-corrected chi connectivity index (χ4v) is 3.09. The molecule has 0 aromatic carbocycles. The SMILES string of the molecule is NNC(CCC1CCCCC1)C1=COCCC1. The summed E-state index contributed by atoms with van der Waals surface area (Å²) in [7, 11) is 0. The molecule has 2 aliphatic rings. The number of ether oxygens (including phenoxy) is 1. The van der Waals surface area contributed by atoms with Crippen molar-refractivity contribution in [3.8, 4) is 0 Å². The van der Waals surface area contributed by atoms with Crippen LogP contribution in [-0.4, -0.2) is 12.6 Å². The van der Waals surface area contributed by atoms with Crippen molar-refractivity contribution >= 4 is 0 Å². The van der Waals surface area contributed by atoms with Crippen molar-refractivity contribution in [1.29, 1.82) is 0 Å². The van der Waals surface area contributed by atoms with Crippen molar-refractivity contribution in [2.45, 2.75) is 63.8 Å². The first-order valence-electron chi connectivity index (χ1n) is 7.17. The van der Waals surface area contributed by atoms with E-state index in [0.29, 0.717) is 6.04 Å². The maximum atomic E-state index is 5.67. The summed E-state index contributed by atoms with van der Waals surface area (Å²) >= 11 is 0. The summed E-state index contributed by atoms with van der Waals surface area (Å²) in [6, 6.07) is 0.331. The third kappa shape index (κ3) is 4.00. The monoisotopic (exact) mass is 238 g/mol. The van der Waals surface area contributed by atoms with Crippen molar-refractivity contribution in [1.82, 2.24) is 5.43 Å². The molecular formula is C14H26N2O. The van der Waals surface area contributed by atoms with Gasteiger partial charge in [-0.25, -0.2) is 0 Å². The van der Waals surface area contributed by atoms with E-state index in [1.54, 1.807) is 0 Å². The molecule has 3 N–H and O–H groups in total. The average Bonchev–Trinajstić information content (AvgIpc) is 2.42. The molecule has 1 aliphatic heterocycles. The standard InChI is InChI=1S/C14H26N2O/c15-16-14(13-7-4-10-17-11-13)9-8-12-5-2-1-3-6-12/h11-12,14,16H,1-10,15H2. The lowest BCUT2D eigenvalue weighted by atomic mass is 9.84. The fourth-order valence-electron chi connectivity index (χ4n) is 3.09. The van der Waals surface area contributed by atoms with Gasteiger partial charge in [0.2, 0.25) is 0 Å². The maximum Gasteiger partial charge on any atom is 0.0876 e. The molecule has 3 heteroatoms. The second-order valence-electron chi connectivity index (χ2n) is 5.47. The Morgan fingerprint density at radius 1 is 1.29 bits per heavy atom. The van der Waals surface area contributed by atoms with Crippen molar-refractivity contribution in [2.75, 3.05) is 6.61 Å². The van der Waals surface area contributed by atoms with E-state index in [1.807, 2.05) is 6.26 Å². The van der Waals surface area contributed by atoms with Gasteiger partial charge in [0, 0.05) is 6.04 Å². The highest BCUT2D eigenvalue weighted by Gasteiger charge is 2.19. The van der Waals surface area contributed by atoms with Gasteiger partial charge in [-0.15, -0.1) is 0 Å². The Hall–Kier alpha value is -0.540. The lowest BCUT2D eigenvalue weighted by Crippen LogP contribution is -2.37. The Kier molecular flexibility index (Phi) is 5.33. The van der Waals surface area contributed by atoms with Crippen LogP contribution in [0, 0.1) is 5.92 Å². The summed E-state index contributed by atoms with van der Waals surface area (Å²) in [4.78, 5) is 0. The van der Waals surface area contributed by atoms with E-state index in [2.05, 4.69) is 5.43 Å². The van der Waals surface area contributed by atoms with Crippen molar-refractivity contribution in [3.63, 3.8) is 0 Å². The third-order valence-electron chi connectivity index (χ3n) is 4.20. The minimum atomic E-state index is 0.331. The van der Waals surface area contributed by atoms with Crippen LogP contribution >= 0.6 is 0 Å². The normalized spacial score (nSPS) is 23.9. The van der Waals surface area contributed by atoms with E-state index in [4.69, 9.17) is 10.6 Å². The van der Waals surface area contributed by atoms with E-state index < -0.39 is 0 Å². The molecule has 98 valence electrons. The van der Waals surface area contributed by atoms with Gasteiger partial charge >= 0.3 is 0 Å². The average molecular weight is 238 g/mol. The number of nitrogens with two attached hydrogens (primary N) is 1. The third-order valence-corrected chi connectivity index (χ3v) is 4.20. The minimum absolute atomic E-state index is 0.331. The molecule has 1 fully saturated rings. The lowest BCUT2D eigenvalue weighted by Gasteiger charge is -2.26. The number of rotatable bonds is 5. The van der Waals surface area contributed by atoms with Crippen LogP contribution in [0.5, 0.6) is 0 Å². The van der Waals surface area contributed by atoms with Gasteiger partial charge in [-0.2, -0.15) is 0 Å². The molecule has 17 heavy (non-hydrogen) atoms. The van der Waals surface area contributed by atoms with Gasteiger partial charge in [-0.1, -0.05) is 32.1 Å². The fraction of sp³-hybridized carbons (Fsp3) is 0.857. The van der Waals surface area contributed by atoms with Crippen LogP contribution in [0.1, 0.15) is 57.8 Å². The molecule has 0 radical (unpaired) electrons. The van der Waals surface area contributed by atoms with Crippen molar-refractivity contribution in [3.05, 3.63) is 11.8 Å². The molecule has 1 unspecified atom stereocenters. The Bertz CT molecular complexity index is 247. The highest BCUT2D eigenvalue weighted by Crippen LogP contribution is 2.29. The lowest BCUT2D eigenvalue weighted by molar-refractivity contribution is 0.217. The van der Waals surface area contributed by atoms with Crippen LogP contribution in [-0.2, 0) is 4.74 Å². The number of nitrogens with one attached hydrogen (secondary N) is 1. The molecule has 1 heterocycles. The summed E-state index contributed by atoms with van der Waals surface area (Å²) in [6.07, 6.45) is 13.8. The molecule has 1 atom stereocenters. The van der Waals surface area contributed by atoms with E-state index in [9.17, 15) is 0 Å². The summed E-state index contributed by atoms with van der Waals surface area (Å²) < 4.78 is 5.40. The predicted molar refractivity (Wildman–Crippen MR) is 70.2 cm³/mol. The second kappa shape index (κ2) is 7.02. The van der Waals surface area contributed by atoms with E-state index in [0.717, 1.165) is 31.8 Å². The van der Waals surface area contributed by atoms with Crippen LogP contribution in [0.15, 0.2) is 11.8 Å². The minimum Gasteiger partial charge on any atom is -0.501 e. The largest absolute Gasteiger partial charge is 0.501 e. The zero-order valence-electron chi connectivity index (χ0n) is 10.8. The molecule has 1 aliphatic carbocycles. The zero-order valence-corrected chi connectivity index (χ0v) is 10.8. The van der Waals surface area contributed by atoms with Crippen LogP contribution in [0.3, 0.4) is 0 Å². The Morgan fingerprint density at radius 2 is 2.12 bits per heavy atom. The molecule has 2 rings (SSSR count). The highest BCUT2D eigenvalue weighted by atomic mass is 16.5. The Labute approximate surface area is 105 Å². The molecule has 0 bridgehead atoms. The first-order chi connectivity index (χ1) is 8.40. The smallest absolute Gasteiger partial charge is 0.0876 e. The molecule has 0 spiro atoms. The van der Waals surface area contributed by atoms with Crippen molar-refractivity contribution < 1.29 is 4.74 Å². The van der Waals surface area contributed by atoms with E-state index in [-0.39, 0.29) is 0 Å². The van der Waals surface area contributed by atoms with Crippen LogP contribution < -0.4 is 11.3 Å². The first-order valence-corrected chi connectivity index (χ1v) is 7.17. The van der Waals surface area contributed by atoms with Gasteiger partial charge in [0.25, 0.3) is 0 Å². The molecule has 0 amide bonds. The summed E-state index contributed by atoms with van der Waals surface area (Å²) in [6.45, 7) is 0.865. The predicted octanol–water partition coefficient (Wildman–Crippen LogP) is 2.87. The van der Waals surface area contributed by atoms with E-state index >= 15 is 0 Å². The zero-order chi connectivity index (χ0) is 11.9. The van der Waals surface area contributed by atoms with Gasteiger partial charge in [-0.3, -0.25) is 11.3 Å². The quantitative estimate of drug-likeness (QED) is 0.572. The van der Waals surface area contributed by atoms with E-state index in [1.165, 1.54) is 44.1 Å². The topological polar surface area (TPSA) is 47.3 Å². The summed E-state index contributed by atoms with van der Waals surface area (Å²) in [5, 5.41) is 0. The highest BCUT2D eigenvalue weighted by molar-refractivity contribution is 5.09. The number of hydrogen-bond donors (Lipinski definition) is 2. The van der Waals surface area contributed by atoms with Gasteiger partial charge in [0.05, 0.1) is 12.9 Å². The van der Waals surface area contributed by atoms with Gasteiger partial charge < -0.3 is 4.74 Å². The molecule has 1 saturated carbocycles. The molecule has 0 aromatic rings. The second-order valence-corrected chi connectivity index (χ2v) is 5.47. The molecule has 3 nitrogen and oxygen atoms in total. The molecular weight excluding hydrogens is 212 g/mol. The van der Waals surface area contributed by atoms with Gasteiger partial charge in [0.1, 0.15) is 0 Å². The van der Waals surface area contributed by atoms with Gasteiger partial charge in [-0.05, 0) is 37.2 Å². The van der Waals surface area contributed by atoms with Crippen LogP contribution in [0.25, 0.3) is 0 Å². The number of hydrazine groups is 1. The molecule has 0 aromatic heterocycles. The Morgan fingerprint density at radius 3 is 2.76 bits per heavy atom. The maximum absolute atomic E-state index is 5.67. The Balaban J connectivity index is 1.76. The van der Waals surface area contributed by atoms with Crippen LogP contribution in [0.2, 0.25) is 0 Å².